The second-order valence-electron chi connectivity index (χ2n) is 3.81. The maximum atomic E-state index is 3.72. The molecule has 0 fully saturated rings. The minimum absolute atomic E-state index is 0.653. The predicted octanol–water partition coefficient (Wildman–Crippen LogP) is 4.07. The third-order valence-electron chi connectivity index (χ3n) is 2.61. The molecular weight excluding hydrogens is 315 g/mol. The first kappa shape index (κ1) is 11.4. The Morgan fingerprint density at radius 2 is 1.80 bits per heavy atom. The van der Waals surface area contributed by atoms with Gasteiger partial charge in [0.25, 0.3) is 0 Å². The molecule has 80 valence electrons. The van der Waals surface area contributed by atoms with E-state index in [1.165, 1.54) is 41.0 Å². The van der Waals surface area contributed by atoms with Crippen molar-refractivity contribution in [2.75, 3.05) is 0 Å². The topological polar surface area (TPSA) is 0 Å². The van der Waals surface area contributed by atoms with Gasteiger partial charge in [0, 0.05) is 0 Å². The van der Waals surface area contributed by atoms with Crippen LogP contribution in [0, 0.1) is 0 Å². The van der Waals surface area contributed by atoms with Crippen molar-refractivity contribution in [1.82, 2.24) is 0 Å². The standard InChI is InChI=1S/C13H15BrSe/c14-12-8-4-5-9-13(12)15-10-11-6-2-1-3-7-11/h1-3,6-7H,4-5,8-10H2. The Morgan fingerprint density at radius 3 is 2.53 bits per heavy atom. The summed E-state index contributed by atoms with van der Waals surface area (Å²) in [5.41, 5.74) is 1.48. The van der Waals surface area contributed by atoms with Crippen LogP contribution in [-0.4, -0.2) is 15.0 Å². The molecule has 1 aliphatic rings. The molecule has 0 saturated carbocycles. The second kappa shape index (κ2) is 5.88. The normalized spacial score (nSPS) is 16.9. The molecule has 0 radical (unpaired) electrons. The average Bonchev–Trinajstić information content (AvgIpc) is 2.29. The molecule has 0 spiro atoms. The molecular formula is C13H15BrSe. The molecule has 0 aliphatic heterocycles. The van der Waals surface area contributed by atoms with Gasteiger partial charge >= 0.3 is 107 Å². The van der Waals surface area contributed by atoms with Crippen molar-refractivity contribution in [2.24, 2.45) is 0 Å². The summed E-state index contributed by atoms with van der Waals surface area (Å²) in [6.45, 7) is 0. The third kappa shape index (κ3) is 3.48. The van der Waals surface area contributed by atoms with Crippen molar-refractivity contribution in [2.45, 2.75) is 31.0 Å². The number of allylic oxidation sites excluding steroid dienone is 2. The van der Waals surface area contributed by atoms with Crippen LogP contribution in [0.1, 0.15) is 31.2 Å². The molecule has 0 heterocycles. The van der Waals surface area contributed by atoms with E-state index in [9.17, 15) is 0 Å². The van der Waals surface area contributed by atoms with Crippen LogP contribution in [0.3, 0.4) is 0 Å². The molecule has 0 aromatic heterocycles. The van der Waals surface area contributed by atoms with Crippen molar-refractivity contribution in [3.05, 3.63) is 44.8 Å². The van der Waals surface area contributed by atoms with Crippen molar-refractivity contribution in [3.63, 3.8) is 0 Å². The van der Waals surface area contributed by atoms with Crippen LogP contribution in [0.5, 0.6) is 0 Å². The Bertz CT molecular complexity index is 343. The average molecular weight is 330 g/mol. The van der Waals surface area contributed by atoms with Crippen LogP contribution < -0.4 is 0 Å². The summed E-state index contributed by atoms with van der Waals surface area (Å²) in [5, 5.41) is 1.25. The summed E-state index contributed by atoms with van der Waals surface area (Å²) >= 11 is 4.38. The van der Waals surface area contributed by atoms with E-state index in [0.717, 1.165) is 0 Å². The summed E-state index contributed by atoms with van der Waals surface area (Å²) in [4.78, 5) is 0. The number of benzene rings is 1. The SMILES string of the molecule is BrC1=C([Se]Cc2ccccc2)CCCC1. The molecule has 0 unspecified atom stereocenters. The van der Waals surface area contributed by atoms with Crippen LogP contribution in [0.15, 0.2) is 39.3 Å². The van der Waals surface area contributed by atoms with E-state index in [1.807, 2.05) is 0 Å². The molecule has 15 heavy (non-hydrogen) atoms. The summed E-state index contributed by atoms with van der Waals surface area (Å²) in [7, 11) is 0. The second-order valence-corrected chi connectivity index (χ2v) is 7.01. The van der Waals surface area contributed by atoms with Gasteiger partial charge in [-0.05, 0) is 0 Å². The molecule has 2 rings (SSSR count). The van der Waals surface area contributed by atoms with E-state index in [4.69, 9.17) is 0 Å². The first-order valence-electron chi connectivity index (χ1n) is 5.40. The van der Waals surface area contributed by atoms with Gasteiger partial charge in [-0.15, -0.1) is 0 Å². The minimum atomic E-state index is 0.653. The van der Waals surface area contributed by atoms with Gasteiger partial charge in [-0.25, -0.2) is 0 Å². The van der Waals surface area contributed by atoms with Crippen LogP contribution in [0.4, 0.5) is 0 Å². The Hall–Kier alpha value is -0.0405. The van der Waals surface area contributed by atoms with Gasteiger partial charge in [0.2, 0.25) is 0 Å². The summed E-state index contributed by atoms with van der Waals surface area (Å²) in [5.74, 6) is 0. The fourth-order valence-corrected chi connectivity index (χ4v) is 5.08. The molecule has 0 saturated heterocycles. The first-order valence-corrected chi connectivity index (χ1v) is 8.26. The van der Waals surface area contributed by atoms with Crippen molar-refractivity contribution in [3.8, 4) is 0 Å². The van der Waals surface area contributed by atoms with Crippen LogP contribution in [-0.2, 0) is 5.32 Å². The first-order chi connectivity index (χ1) is 7.36. The van der Waals surface area contributed by atoms with Gasteiger partial charge in [-0.3, -0.25) is 0 Å². The van der Waals surface area contributed by atoms with E-state index >= 15 is 0 Å². The van der Waals surface area contributed by atoms with E-state index in [-0.39, 0.29) is 0 Å². The van der Waals surface area contributed by atoms with E-state index in [2.05, 4.69) is 46.3 Å². The van der Waals surface area contributed by atoms with Crippen molar-refractivity contribution in [1.29, 1.82) is 0 Å². The van der Waals surface area contributed by atoms with Gasteiger partial charge in [-0.2, -0.15) is 0 Å². The van der Waals surface area contributed by atoms with Crippen molar-refractivity contribution < 1.29 is 0 Å². The van der Waals surface area contributed by atoms with Crippen LogP contribution in [0.25, 0.3) is 0 Å². The molecule has 0 nitrogen and oxygen atoms in total. The molecule has 0 bridgehead atoms. The summed E-state index contributed by atoms with van der Waals surface area (Å²) < 4.78 is 3.21. The van der Waals surface area contributed by atoms with Crippen LogP contribution in [0.2, 0.25) is 0 Å². The zero-order chi connectivity index (χ0) is 10.5. The molecule has 1 aromatic rings. The molecule has 0 amide bonds. The van der Waals surface area contributed by atoms with E-state index < -0.39 is 0 Å². The third-order valence-corrected chi connectivity index (χ3v) is 6.75. The molecule has 1 aliphatic carbocycles. The van der Waals surface area contributed by atoms with Gasteiger partial charge in [0.05, 0.1) is 0 Å². The number of hydrogen-bond acceptors (Lipinski definition) is 0. The summed E-state index contributed by atoms with van der Waals surface area (Å²) in [6.07, 6.45) is 5.35. The quantitative estimate of drug-likeness (QED) is 0.733. The Kier molecular flexibility index (Phi) is 4.49. The van der Waals surface area contributed by atoms with Gasteiger partial charge in [-0.1, -0.05) is 0 Å². The molecule has 0 N–H and O–H groups in total. The Labute approximate surface area is 106 Å². The maximum absolute atomic E-state index is 3.72. The van der Waals surface area contributed by atoms with Crippen LogP contribution >= 0.6 is 15.9 Å². The zero-order valence-electron chi connectivity index (χ0n) is 8.71. The summed E-state index contributed by atoms with van der Waals surface area (Å²) in [6, 6.07) is 10.8. The number of rotatable bonds is 3. The fraction of sp³-hybridized carbons (Fsp3) is 0.385. The van der Waals surface area contributed by atoms with Gasteiger partial charge in [0.15, 0.2) is 0 Å². The van der Waals surface area contributed by atoms with Crippen molar-refractivity contribution >= 4 is 30.9 Å². The van der Waals surface area contributed by atoms with E-state index in [0.29, 0.717) is 15.0 Å². The predicted molar refractivity (Wildman–Crippen MR) is 70.3 cm³/mol. The van der Waals surface area contributed by atoms with Gasteiger partial charge in [0.1, 0.15) is 0 Å². The number of hydrogen-bond donors (Lipinski definition) is 0. The monoisotopic (exact) mass is 330 g/mol. The fourth-order valence-electron chi connectivity index (χ4n) is 1.74. The van der Waals surface area contributed by atoms with E-state index in [1.54, 1.807) is 4.47 Å². The number of halogens is 1. The van der Waals surface area contributed by atoms with Gasteiger partial charge < -0.3 is 0 Å². The Morgan fingerprint density at radius 1 is 1.07 bits per heavy atom. The molecule has 2 heteroatoms. The molecule has 1 aromatic carbocycles. The molecule has 0 atom stereocenters. The Balaban J connectivity index is 1.93. The zero-order valence-corrected chi connectivity index (χ0v) is 12.0.